The highest BCUT2D eigenvalue weighted by molar-refractivity contribution is 7.87. The number of carbonyl (C=O) groups is 4. The molecule has 5 N–H and O–H groups in total. The molecular formula is C35H54F2N6O10S. The Morgan fingerprint density at radius 3 is 2.24 bits per heavy atom. The van der Waals surface area contributed by atoms with Crippen LogP contribution in [-0.2, 0) is 50.0 Å². The highest BCUT2D eigenvalue weighted by Gasteiger charge is 2.52. The monoisotopic (exact) mass is 788 g/mol. The van der Waals surface area contributed by atoms with Gasteiger partial charge in [0, 0.05) is 39.3 Å². The molecule has 0 radical (unpaired) electrons. The van der Waals surface area contributed by atoms with Gasteiger partial charge < -0.3 is 35.7 Å². The second-order valence-electron chi connectivity index (χ2n) is 13.9. The third kappa shape index (κ3) is 11.8. The highest BCUT2D eigenvalue weighted by atomic mass is 32.2. The summed E-state index contributed by atoms with van der Waals surface area (Å²) in [6.45, 7) is 1.77. The molecule has 0 spiro atoms. The Morgan fingerprint density at radius 2 is 1.63 bits per heavy atom. The summed E-state index contributed by atoms with van der Waals surface area (Å²) in [5.41, 5.74) is 6.87. The van der Waals surface area contributed by atoms with Crippen molar-refractivity contribution in [2.45, 2.75) is 81.5 Å². The summed E-state index contributed by atoms with van der Waals surface area (Å²) in [7, 11) is -3.91. The number of nitrogens with zero attached hydrogens (tertiary/aromatic N) is 3. The van der Waals surface area contributed by atoms with E-state index in [2.05, 4.69) is 10.6 Å². The average molecular weight is 789 g/mol. The lowest BCUT2D eigenvalue weighted by atomic mass is 9.82. The van der Waals surface area contributed by atoms with Crippen molar-refractivity contribution in [1.29, 1.82) is 0 Å². The van der Waals surface area contributed by atoms with E-state index in [0.717, 1.165) is 30.7 Å². The summed E-state index contributed by atoms with van der Waals surface area (Å²) < 4.78 is 76.6. The lowest BCUT2D eigenvalue weighted by Crippen LogP contribution is -2.64. The molecule has 2 aliphatic heterocycles. The number of carbonyl (C=O) groups excluding carboxylic acids is 4. The minimum atomic E-state index is -4.90. The van der Waals surface area contributed by atoms with E-state index in [-0.39, 0.29) is 62.5 Å². The number of aliphatic hydroxyl groups excluding tert-OH is 1. The number of aliphatic hydroxyl groups is 1. The number of alkyl halides is 2. The third-order valence-corrected chi connectivity index (χ3v) is 12.0. The minimum Gasteiger partial charge on any atom is -0.469 e. The van der Waals surface area contributed by atoms with Crippen molar-refractivity contribution in [3.63, 3.8) is 0 Å². The first kappa shape index (κ1) is 43.4. The van der Waals surface area contributed by atoms with Gasteiger partial charge in [-0.1, -0.05) is 62.4 Å². The molecule has 2 heterocycles. The third-order valence-electron chi connectivity index (χ3n) is 10.1. The Kier molecular flexibility index (Phi) is 16.5. The van der Waals surface area contributed by atoms with E-state index in [1.54, 1.807) is 30.3 Å². The molecule has 2 saturated heterocycles. The SMILES string of the molecule is COC(=O)C[C@@H](C(=O)N[C@@H](CC1CCCCC1)C(O)C(F)(F)C(=O)NCCN1CCOCC1)N(C(=O)[C@@H](N)Cc1ccccc1)S(=O)(=O)N1CCOCC1. The fourth-order valence-corrected chi connectivity index (χ4v) is 8.67. The first-order valence-corrected chi connectivity index (χ1v) is 19.9. The van der Waals surface area contributed by atoms with Gasteiger partial charge in [-0.2, -0.15) is 21.5 Å². The van der Waals surface area contributed by atoms with E-state index in [1.807, 2.05) is 4.90 Å². The number of ether oxygens (including phenoxy) is 3. The van der Waals surface area contributed by atoms with Gasteiger partial charge >= 0.3 is 22.1 Å². The number of halogens is 2. The largest absolute Gasteiger partial charge is 0.469 e. The maximum absolute atomic E-state index is 15.8. The molecule has 0 aromatic heterocycles. The Morgan fingerprint density at radius 1 is 1.02 bits per heavy atom. The predicted octanol–water partition coefficient (Wildman–Crippen LogP) is -0.206. The van der Waals surface area contributed by atoms with Crippen LogP contribution in [0.4, 0.5) is 8.78 Å². The van der Waals surface area contributed by atoms with E-state index in [4.69, 9.17) is 19.9 Å². The van der Waals surface area contributed by atoms with E-state index >= 15 is 8.78 Å². The molecule has 1 unspecified atom stereocenters. The Bertz CT molecular complexity index is 1490. The Hall–Kier alpha value is -3.33. The molecule has 16 nitrogen and oxygen atoms in total. The van der Waals surface area contributed by atoms with Crippen LogP contribution in [0.25, 0.3) is 0 Å². The normalized spacial score (nSPS) is 20.2. The van der Waals surface area contributed by atoms with E-state index in [1.165, 1.54) is 0 Å². The Balaban J connectivity index is 1.65. The summed E-state index contributed by atoms with van der Waals surface area (Å²) in [5, 5.41) is 15.7. The number of methoxy groups -OCH3 is 1. The zero-order valence-electron chi connectivity index (χ0n) is 30.7. The summed E-state index contributed by atoms with van der Waals surface area (Å²) in [6.07, 6.45) is -0.402. The van der Waals surface area contributed by atoms with Gasteiger partial charge in [-0.3, -0.25) is 24.1 Å². The van der Waals surface area contributed by atoms with Crippen molar-refractivity contribution >= 4 is 33.9 Å². The number of rotatable bonds is 18. The summed E-state index contributed by atoms with van der Waals surface area (Å²) in [4.78, 5) is 56.1. The Labute approximate surface area is 315 Å². The second kappa shape index (κ2) is 20.5. The van der Waals surface area contributed by atoms with Gasteiger partial charge in [-0.15, -0.1) is 0 Å². The van der Waals surface area contributed by atoms with Crippen molar-refractivity contribution in [2.75, 3.05) is 72.8 Å². The molecule has 3 aliphatic rings. The van der Waals surface area contributed by atoms with Crippen LogP contribution < -0.4 is 16.4 Å². The molecule has 19 heteroatoms. The molecule has 4 atom stereocenters. The van der Waals surface area contributed by atoms with Crippen molar-refractivity contribution < 1.29 is 55.7 Å². The summed E-state index contributed by atoms with van der Waals surface area (Å²) in [6, 6.07) is 2.98. The van der Waals surface area contributed by atoms with Crippen LogP contribution in [0.15, 0.2) is 30.3 Å². The van der Waals surface area contributed by atoms with Gasteiger partial charge in [0.1, 0.15) is 12.1 Å². The topological polar surface area (TPSA) is 210 Å². The van der Waals surface area contributed by atoms with Crippen LogP contribution in [0.1, 0.15) is 50.5 Å². The van der Waals surface area contributed by atoms with Crippen LogP contribution in [0.2, 0.25) is 0 Å². The quantitative estimate of drug-likeness (QED) is 0.143. The number of benzene rings is 1. The molecule has 304 valence electrons. The van der Waals surface area contributed by atoms with Crippen LogP contribution in [0.5, 0.6) is 0 Å². The van der Waals surface area contributed by atoms with Crippen LogP contribution in [-0.4, -0.2) is 154 Å². The molecule has 54 heavy (non-hydrogen) atoms. The first-order chi connectivity index (χ1) is 25.7. The number of nitrogens with one attached hydrogen (secondary N) is 2. The lowest BCUT2D eigenvalue weighted by Gasteiger charge is -2.38. The molecule has 0 bridgehead atoms. The maximum atomic E-state index is 15.8. The fraction of sp³-hybridized carbons (Fsp3) is 0.714. The number of morpholine rings is 2. The maximum Gasteiger partial charge on any atom is 0.351 e. The van der Waals surface area contributed by atoms with E-state index < -0.39 is 70.5 Å². The average Bonchev–Trinajstić information content (AvgIpc) is 3.18. The van der Waals surface area contributed by atoms with Gasteiger partial charge in [0.15, 0.2) is 0 Å². The number of hydrogen-bond acceptors (Lipinski definition) is 12. The number of esters is 1. The zero-order chi connectivity index (χ0) is 39.3. The van der Waals surface area contributed by atoms with Gasteiger partial charge in [0.25, 0.3) is 11.8 Å². The number of hydrogen-bond donors (Lipinski definition) is 4. The molecule has 1 aromatic carbocycles. The zero-order valence-corrected chi connectivity index (χ0v) is 31.5. The predicted molar refractivity (Wildman–Crippen MR) is 191 cm³/mol. The molecule has 1 aliphatic carbocycles. The van der Waals surface area contributed by atoms with Gasteiger partial charge in [-0.05, 0) is 24.3 Å². The van der Waals surface area contributed by atoms with Crippen molar-refractivity contribution in [3.8, 4) is 0 Å². The minimum absolute atomic E-state index is 0.0234. The van der Waals surface area contributed by atoms with Gasteiger partial charge in [0.05, 0.1) is 52.0 Å². The summed E-state index contributed by atoms with van der Waals surface area (Å²) >= 11 is 0. The lowest BCUT2D eigenvalue weighted by molar-refractivity contribution is -0.168. The van der Waals surface area contributed by atoms with E-state index in [9.17, 15) is 32.7 Å². The van der Waals surface area contributed by atoms with Crippen molar-refractivity contribution in [3.05, 3.63) is 35.9 Å². The van der Waals surface area contributed by atoms with Gasteiger partial charge in [-0.25, -0.2) is 4.31 Å². The van der Waals surface area contributed by atoms with E-state index in [0.29, 0.717) is 44.7 Å². The molecule has 4 rings (SSSR count). The fourth-order valence-electron chi connectivity index (χ4n) is 6.96. The first-order valence-electron chi connectivity index (χ1n) is 18.5. The molecule has 3 amide bonds. The van der Waals surface area contributed by atoms with Crippen LogP contribution >= 0.6 is 0 Å². The molecule has 3 fully saturated rings. The van der Waals surface area contributed by atoms with Crippen LogP contribution in [0.3, 0.4) is 0 Å². The van der Waals surface area contributed by atoms with Crippen LogP contribution in [0, 0.1) is 5.92 Å². The second-order valence-corrected chi connectivity index (χ2v) is 15.7. The smallest absolute Gasteiger partial charge is 0.351 e. The molecule has 1 saturated carbocycles. The summed E-state index contributed by atoms with van der Waals surface area (Å²) in [5.74, 6) is -10.0. The molecular weight excluding hydrogens is 734 g/mol. The standard InChI is InChI=1S/C35H54F2N6O10S/c1-51-30(44)24-29(43(54(49,50)42-16-20-53-21-17-42)33(47)27(38)22-25-8-4-2-5-9-25)32(46)40-28(23-26-10-6-3-7-11-26)31(45)35(36,37)34(48)39-12-13-41-14-18-52-19-15-41/h2,4-5,8-9,26-29,31,45H,3,6-7,10-24,38H2,1H3,(H,39,48)(H,40,46)/t27-,28-,29-,31?/m0/s1. The number of nitrogens with two attached hydrogens (primary N) is 1. The molecule has 1 aromatic rings. The van der Waals surface area contributed by atoms with Gasteiger partial charge in [0.2, 0.25) is 5.91 Å². The number of amides is 3. The van der Waals surface area contributed by atoms with Crippen molar-refractivity contribution in [1.82, 2.24) is 24.1 Å². The highest BCUT2D eigenvalue weighted by Crippen LogP contribution is 2.32. The van der Waals surface area contributed by atoms with Crippen molar-refractivity contribution in [2.24, 2.45) is 11.7 Å².